The average molecular weight is 314 g/mol. The first-order valence-electron chi connectivity index (χ1n) is 6.33. The van der Waals surface area contributed by atoms with E-state index in [-0.39, 0.29) is 12.6 Å². The summed E-state index contributed by atoms with van der Waals surface area (Å²) in [6, 6.07) is 6.30. The molecule has 3 nitrogen and oxygen atoms in total. The third kappa shape index (κ3) is 2.87. The van der Waals surface area contributed by atoms with Crippen molar-refractivity contribution in [1.82, 2.24) is 4.90 Å². The smallest absolute Gasteiger partial charge is 0.119 e. The lowest BCUT2D eigenvalue weighted by Crippen LogP contribution is -2.34. The third-order valence-electron chi connectivity index (χ3n) is 3.81. The standard InChI is InChI=1S/C14H20BrNO2/c1-10-5-6-16(14(10)9-17)8-11-7-12(18-2)3-4-13(11)15/h3-4,7,10,14,17H,5-6,8-9H2,1-2H3. The molecule has 1 fully saturated rings. The SMILES string of the molecule is COc1ccc(Br)c(CN2CCC(C)C2CO)c1. The molecule has 1 heterocycles. The second kappa shape index (κ2) is 6.04. The van der Waals surface area contributed by atoms with E-state index in [1.54, 1.807) is 7.11 Å². The van der Waals surface area contributed by atoms with Crippen LogP contribution in [0.1, 0.15) is 18.9 Å². The summed E-state index contributed by atoms with van der Waals surface area (Å²) >= 11 is 3.58. The minimum absolute atomic E-state index is 0.239. The minimum atomic E-state index is 0.239. The molecule has 0 saturated carbocycles. The topological polar surface area (TPSA) is 32.7 Å². The van der Waals surface area contributed by atoms with Crippen LogP contribution < -0.4 is 4.74 Å². The van der Waals surface area contributed by atoms with Gasteiger partial charge in [-0.25, -0.2) is 0 Å². The Hall–Kier alpha value is -0.580. The van der Waals surface area contributed by atoms with Gasteiger partial charge in [-0.15, -0.1) is 0 Å². The lowest BCUT2D eigenvalue weighted by Gasteiger charge is -2.25. The Morgan fingerprint density at radius 1 is 1.50 bits per heavy atom. The first-order chi connectivity index (χ1) is 8.65. The number of benzene rings is 1. The fourth-order valence-corrected chi connectivity index (χ4v) is 2.97. The molecule has 2 atom stereocenters. The Balaban J connectivity index is 2.13. The number of rotatable bonds is 4. The molecule has 100 valence electrons. The van der Waals surface area contributed by atoms with Crippen LogP contribution in [0.2, 0.25) is 0 Å². The van der Waals surface area contributed by atoms with E-state index >= 15 is 0 Å². The largest absolute Gasteiger partial charge is 0.497 e. The number of aliphatic hydroxyl groups is 1. The zero-order valence-corrected chi connectivity index (χ0v) is 12.5. The minimum Gasteiger partial charge on any atom is -0.497 e. The van der Waals surface area contributed by atoms with Crippen LogP contribution >= 0.6 is 15.9 Å². The lowest BCUT2D eigenvalue weighted by molar-refractivity contribution is 0.134. The number of methoxy groups -OCH3 is 1. The summed E-state index contributed by atoms with van der Waals surface area (Å²) in [5.41, 5.74) is 1.21. The molecule has 0 aromatic heterocycles. The van der Waals surface area contributed by atoms with E-state index in [1.807, 2.05) is 12.1 Å². The van der Waals surface area contributed by atoms with Crippen molar-refractivity contribution in [1.29, 1.82) is 0 Å². The van der Waals surface area contributed by atoms with Crippen LogP contribution in [-0.2, 0) is 6.54 Å². The van der Waals surface area contributed by atoms with Crippen molar-refractivity contribution in [3.63, 3.8) is 0 Å². The number of aliphatic hydroxyl groups excluding tert-OH is 1. The summed E-state index contributed by atoms with van der Waals surface area (Å²) in [7, 11) is 1.68. The maximum Gasteiger partial charge on any atom is 0.119 e. The molecule has 2 rings (SSSR count). The molecule has 1 N–H and O–H groups in total. The Kier molecular flexibility index (Phi) is 4.65. The Morgan fingerprint density at radius 2 is 2.28 bits per heavy atom. The molecule has 0 amide bonds. The van der Waals surface area contributed by atoms with Gasteiger partial charge in [0, 0.05) is 17.1 Å². The molecule has 0 radical (unpaired) electrons. The highest BCUT2D eigenvalue weighted by molar-refractivity contribution is 9.10. The van der Waals surface area contributed by atoms with E-state index in [0.717, 1.165) is 29.7 Å². The summed E-state index contributed by atoms with van der Waals surface area (Å²) in [5, 5.41) is 9.48. The van der Waals surface area contributed by atoms with Crippen LogP contribution in [0.15, 0.2) is 22.7 Å². The second-order valence-electron chi connectivity index (χ2n) is 4.94. The van der Waals surface area contributed by atoms with Crippen molar-refractivity contribution >= 4 is 15.9 Å². The molecule has 1 aliphatic heterocycles. The van der Waals surface area contributed by atoms with Gasteiger partial charge in [0.25, 0.3) is 0 Å². The van der Waals surface area contributed by atoms with Crippen molar-refractivity contribution < 1.29 is 9.84 Å². The number of ether oxygens (including phenoxy) is 1. The van der Waals surface area contributed by atoms with E-state index in [4.69, 9.17) is 4.74 Å². The van der Waals surface area contributed by atoms with Crippen molar-refractivity contribution in [2.45, 2.75) is 25.9 Å². The first kappa shape index (κ1) is 13.8. The van der Waals surface area contributed by atoms with Gasteiger partial charge in [0.15, 0.2) is 0 Å². The molecule has 1 saturated heterocycles. The normalized spacial score (nSPS) is 24.4. The third-order valence-corrected chi connectivity index (χ3v) is 4.58. The number of likely N-dealkylation sites (tertiary alicyclic amines) is 1. The van der Waals surface area contributed by atoms with E-state index in [1.165, 1.54) is 5.56 Å². The number of nitrogens with zero attached hydrogens (tertiary/aromatic N) is 1. The summed E-state index contributed by atoms with van der Waals surface area (Å²) in [4.78, 5) is 2.35. The van der Waals surface area contributed by atoms with Crippen LogP contribution in [0.3, 0.4) is 0 Å². The molecule has 0 aliphatic carbocycles. The molecule has 1 aromatic rings. The molecule has 2 unspecified atom stereocenters. The Morgan fingerprint density at radius 3 is 2.94 bits per heavy atom. The molecule has 0 spiro atoms. The fourth-order valence-electron chi connectivity index (χ4n) is 2.60. The maximum absolute atomic E-state index is 9.48. The second-order valence-corrected chi connectivity index (χ2v) is 5.80. The van der Waals surface area contributed by atoms with Gasteiger partial charge in [0.05, 0.1) is 13.7 Å². The van der Waals surface area contributed by atoms with Crippen LogP contribution in [0.25, 0.3) is 0 Å². The predicted octanol–water partition coefficient (Wildman–Crippen LogP) is 2.66. The van der Waals surface area contributed by atoms with Gasteiger partial charge in [0.2, 0.25) is 0 Å². The summed E-state index contributed by atoms with van der Waals surface area (Å²) < 4.78 is 6.36. The molecule has 0 bridgehead atoms. The average Bonchev–Trinajstić information content (AvgIpc) is 2.72. The monoisotopic (exact) mass is 313 g/mol. The summed E-state index contributed by atoms with van der Waals surface area (Å²) in [5.74, 6) is 1.44. The van der Waals surface area contributed by atoms with E-state index in [0.29, 0.717) is 5.92 Å². The van der Waals surface area contributed by atoms with Crippen molar-refractivity contribution in [2.75, 3.05) is 20.3 Å². The van der Waals surface area contributed by atoms with E-state index < -0.39 is 0 Å². The van der Waals surface area contributed by atoms with Crippen LogP contribution in [0, 0.1) is 5.92 Å². The zero-order chi connectivity index (χ0) is 13.1. The lowest BCUT2D eigenvalue weighted by atomic mass is 10.0. The van der Waals surface area contributed by atoms with Crippen molar-refractivity contribution in [3.05, 3.63) is 28.2 Å². The van der Waals surface area contributed by atoms with E-state index in [9.17, 15) is 5.11 Å². The molecule has 1 aliphatic rings. The summed E-state index contributed by atoms with van der Waals surface area (Å²) in [6.45, 7) is 4.35. The fraction of sp³-hybridized carbons (Fsp3) is 0.571. The van der Waals surface area contributed by atoms with Gasteiger partial charge in [-0.1, -0.05) is 22.9 Å². The summed E-state index contributed by atoms with van der Waals surface area (Å²) in [6.07, 6.45) is 1.16. The first-order valence-corrected chi connectivity index (χ1v) is 7.12. The highest BCUT2D eigenvalue weighted by Crippen LogP contribution is 2.29. The van der Waals surface area contributed by atoms with Crippen LogP contribution in [0.4, 0.5) is 0 Å². The van der Waals surface area contributed by atoms with Crippen molar-refractivity contribution in [3.8, 4) is 5.75 Å². The van der Waals surface area contributed by atoms with Gasteiger partial charge < -0.3 is 9.84 Å². The quantitative estimate of drug-likeness (QED) is 0.927. The highest BCUT2D eigenvalue weighted by Gasteiger charge is 2.30. The number of halogens is 1. The van der Waals surface area contributed by atoms with E-state index in [2.05, 4.69) is 33.8 Å². The zero-order valence-electron chi connectivity index (χ0n) is 10.9. The highest BCUT2D eigenvalue weighted by atomic mass is 79.9. The maximum atomic E-state index is 9.48. The molecular formula is C14H20BrNO2. The van der Waals surface area contributed by atoms with Gasteiger partial charge in [-0.2, -0.15) is 0 Å². The number of hydrogen-bond acceptors (Lipinski definition) is 3. The Bertz CT molecular complexity index is 411. The molecule has 1 aromatic carbocycles. The van der Waals surface area contributed by atoms with Crippen molar-refractivity contribution in [2.24, 2.45) is 5.92 Å². The molecule has 18 heavy (non-hydrogen) atoms. The van der Waals surface area contributed by atoms with Gasteiger partial charge in [-0.3, -0.25) is 4.90 Å². The van der Waals surface area contributed by atoms with Gasteiger partial charge >= 0.3 is 0 Å². The van der Waals surface area contributed by atoms with Crippen LogP contribution in [-0.4, -0.2) is 36.3 Å². The molecular weight excluding hydrogens is 294 g/mol. The molecule has 4 heteroatoms. The van der Waals surface area contributed by atoms with Crippen LogP contribution in [0.5, 0.6) is 5.75 Å². The van der Waals surface area contributed by atoms with Gasteiger partial charge in [-0.05, 0) is 42.6 Å². The predicted molar refractivity (Wildman–Crippen MR) is 75.8 cm³/mol. The van der Waals surface area contributed by atoms with Gasteiger partial charge in [0.1, 0.15) is 5.75 Å². The number of hydrogen-bond donors (Lipinski definition) is 1. The Labute approximate surface area is 117 Å².